The fourth-order valence-electron chi connectivity index (χ4n) is 2.44. The highest BCUT2D eigenvalue weighted by Crippen LogP contribution is 2.20. The Bertz CT molecular complexity index is 863. The summed E-state index contributed by atoms with van der Waals surface area (Å²) in [5.41, 5.74) is -0.320. The molecule has 7 heteroatoms. The summed E-state index contributed by atoms with van der Waals surface area (Å²) in [6, 6.07) is 7.07. The normalized spacial score (nSPS) is 11.6. The number of aromatic hydroxyl groups is 1. The lowest BCUT2D eigenvalue weighted by molar-refractivity contribution is 0.340. The molecule has 2 aromatic rings. The SMILES string of the molecule is CCCCn1c(O)c(C(C)=Nc2ccc(OCC)cc2)c(=O)[nH]c1=O. The molecule has 2 rings (SSSR count). The molecule has 0 radical (unpaired) electrons. The molecule has 7 nitrogen and oxygen atoms in total. The first kappa shape index (κ1) is 18.5. The van der Waals surface area contributed by atoms with E-state index in [0.717, 1.165) is 16.7 Å². The molecule has 1 aromatic carbocycles. The molecule has 2 N–H and O–H groups in total. The van der Waals surface area contributed by atoms with E-state index in [2.05, 4.69) is 9.98 Å². The number of benzene rings is 1. The summed E-state index contributed by atoms with van der Waals surface area (Å²) in [6.07, 6.45) is 1.58. The fourth-order valence-corrected chi connectivity index (χ4v) is 2.44. The van der Waals surface area contributed by atoms with Crippen molar-refractivity contribution in [3.8, 4) is 11.6 Å². The molecule has 0 aliphatic carbocycles. The summed E-state index contributed by atoms with van der Waals surface area (Å²) in [6.45, 7) is 6.41. The fraction of sp³-hybridized carbons (Fsp3) is 0.389. The lowest BCUT2D eigenvalue weighted by Gasteiger charge is -2.11. The van der Waals surface area contributed by atoms with E-state index in [1.165, 1.54) is 0 Å². The van der Waals surface area contributed by atoms with Crippen LogP contribution in [0.2, 0.25) is 0 Å². The van der Waals surface area contributed by atoms with Crippen LogP contribution in [0.25, 0.3) is 0 Å². The van der Waals surface area contributed by atoms with Gasteiger partial charge in [-0.25, -0.2) is 4.79 Å². The zero-order valence-corrected chi connectivity index (χ0v) is 14.7. The second-order valence-corrected chi connectivity index (χ2v) is 5.59. The number of aromatic nitrogens is 2. The van der Waals surface area contributed by atoms with Crippen molar-refractivity contribution in [2.75, 3.05) is 6.61 Å². The van der Waals surface area contributed by atoms with Crippen LogP contribution in [-0.4, -0.2) is 27.0 Å². The van der Waals surface area contributed by atoms with Gasteiger partial charge in [-0.15, -0.1) is 0 Å². The number of rotatable bonds is 7. The number of ether oxygens (including phenoxy) is 1. The van der Waals surface area contributed by atoms with Gasteiger partial charge in [0.1, 0.15) is 11.3 Å². The number of nitrogens with one attached hydrogen (secondary N) is 1. The van der Waals surface area contributed by atoms with E-state index in [1.807, 2.05) is 13.8 Å². The van der Waals surface area contributed by atoms with Crippen LogP contribution in [0.4, 0.5) is 5.69 Å². The molecule has 25 heavy (non-hydrogen) atoms. The van der Waals surface area contributed by atoms with Gasteiger partial charge in [0.15, 0.2) is 0 Å². The third kappa shape index (κ3) is 4.37. The molecular weight excluding hydrogens is 322 g/mol. The van der Waals surface area contributed by atoms with Crippen molar-refractivity contribution in [3.63, 3.8) is 0 Å². The predicted molar refractivity (Wildman–Crippen MR) is 97.4 cm³/mol. The minimum absolute atomic E-state index is 0.00425. The van der Waals surface area contributed by atoms with Crippen LogP contribution in [-0.2, 0) is 6.54 Å². The van der Waals surface area contributed by atoms with Gasteiger partial charge in [-0.05, 0) is 44.5 Å². The molecule has 0 spiro atoms. The smallest absolute Gasteiger partial charge is 0.331 e. The van der Waals surface area contributed by atoms with Crippen LogP contribution < -0.4 is 16.0 Å². The van der Waals surface area contributed by atoms with Gasteiger partial charge in [0.25, 0.3) is 5.56 Å². The van der Waals surface area contributed by atoms with Crippen LogP contribution in [0.15, 0.2) is 38.8 Å². The summed E-state index contributed by atoms with van der Waals surface area (Å²) in [5.74, 6) is 0.377. The Kier molecular flexibility index (Phi) is 6.16. The maximum Gasteiger partial charge on any atom is 0.331 e. The highest BCUT2D eigenvalue weighted by Gasteiger charge is 2.16. The Hall–Kier alpha value is -2.83. The van der Waals surface area contributed by atoms with E-state index in [0.29, 0.717) is 31.0 Å². The zero-order chi connectivity index (χ0) is 18.4. The number of aromatic amines is 1. The van der Waals surface area contributed by atoms with Crippen LogP contribution >= 0.6 is 0 Å². The van der Waals surface area contributed by atoms with E-state index >= 15 is 0 Å². The lowest BCUT2D eigenvalue weighted by Crippen LogP contribution is -2.33. The molecule has 0 saturated carbocycles. The van der Waals surface area contributed by atoms with Gasteiger partial charge in [0.2, 0.25) is 5.88 Å². The number of unbranched alkanes of at least 4 members (excludes halogenated alkanes) is 1. The van der Waals surface area contributed by atoms with Crippen molar-refractivity contribution in [2.24, 2.45) is 4.99 Å². The third-order valence-corrected chi connectivity index (χ3v) is 3.71. The molecule has 0 fully saturated rings. The molecule has 0 bridgehead atoms. The Balaban J connectivity index is 2.42. The van der Waals surface area contributed by atoms with E-state index < -0.39 is 11.2 Å². The topological polar surface area (TPSA) is 96.7 Å². The largest absolute Gasteiger partial charge is 0.494 e. The van der Waals surface area contributed by atoms with E-state index in [1.54, 1.807) is 31.2 Å². The van der Waals surface area contributed by atoms with Crippen molar-refractivity contribution in [1.29, 1.82) is 0 Å². The van der Waals surface area contributed by atoms with Gasteiger partial charge < -0.3 is 9.84 Å². The maximum absolute atomic E-state index is 12.1. The highest BCUT2D eigenvalue weighted by molar-refractivity contribution is 6.01. The Morgan fingerprint density at radius 3 is 2.52 bits per heavy atom. The average molecular weight is 345 g/mol. The number of hydrogen-bond acceptors (Lipinski definition) is 5. The highest BCUT2D eigenvalue weighted by atomic mass is 16.5. The second-order valence-electron chi connectivity index (χ2n) is 5.59. The van der Waals surface area contributed by atoms with E-state index in [4.69, 9.17) is 4.74 Å². The van der Waals surface area contributed by atoms with Crippen LogP contribution in [0.5, 0.6) is 11.6 Å². The maximum atomic E-state index is 12.1. The summed E-state index contributed by atoms with van der Waals surface area (Å²) in [5, 5.41) is 10.4. The second kappa shape index (κ2) is 8.32. The summed E-state index contributed by atoms with van der Waals surface area (Å²) in [7, 11) is 0. The van der Waals surface area contributed by atoms with E-state index in [-0.39, 0.29) is 11.4 Å². The Morgan fingerprint density at radius 2 is 1.92 bits per heavy atom. The Morgan fingerprint density at radius 1 is 1.24 bits per heavy atom. The number of nitrogens with zero attached hydrogens (tertiary/aromatic N) is 2. The molecule has 0 saturated heterocycles. The van der Waals surface area contributed by atoms with Gasteiger partial charge >= 0.3 is 5.69 Å². The monoisotopic (exact) mass is 345 g/mol. The van der Waals surface area contributed by atoms with Gasteiger partial charge in [-0.2, -0.15) is 0 Å². The summed E-state index contributed by atoms with van der Waals surface area (Å²) >= 11 is 0. The molecule has 1 aromatic heterocycles. The molecule has 0 unspecified atom stereocenters. The zero-order valence-electron chi connectivity index (χ0n) is 14.7. The minimum atomic E-state index is -0.651. The Labute approximate surface area is 145 Å². The molecule has 0 amide bonds. The van der Waals surface area contributed by atoms with Gasteiger partial charge in [-0.1, -0.05) is 13.3 Å². The van der Waals surface area contributed by atoms with Crippen LogP contribution in [0, 0.1) is 0 Å². The van der Waals surface area contributed by atoms with Crippen molar-refractivity contribution >= 4 is 11.4 Å². The molecular formula is C18H23N3O4. The summed E-state index contributed by atoms with van der Waals surface area (Å²) < 4.78 is 6.54. The average Bonchev–Trinajstić information content (AvgIpc) is 2.56. The van der Waals surface area contributed by atoms with Gasteiger partial charge in [-0.3, -0.25) is 19.3 Å². The van der Waals surface area contributed by atoms with Crippen molar-refractivity contribution in [1.82, 2.24) is 9.55 Å². The first-order valence-corrected chi connectivity index (χ1v) is 8.32. The minimum Gasteiger partial charge on any atom is -0.494 e. The van der Waals surface area contributed by atoms with Crippen LogP contribution in [0.3, 0.4) is 0 Å². The third-order valence-electron chi connectivity index (χ3n) is 3.71. The van der Waals surface area contributed by atoms with Crippen LogP contribution in [0.1, 0.15) is 39.2 Å². The number of aliphatic imine (C=N–C) groups is 1. The first-order valence-electron chi connectivity index (χ1n) is 8.32. The van der Waals surface area contributed by atoms with Gasteiger partial charge in [0, 0.05) is 6.54 Å². The molecule has 0 atom stereocenters. The molecule has 134 valence electrons. The molecule has 0 aliphatic rings. The van der Waals surface area contributed by atoms with Crippen molar-refractivity contribution < 1.29 is 9.84 Å². The predicted octanol–water partition coefficient (Wildman–Crippen LogP) is 2.58. The standard InChI is InChI=1S/C18H23N3O4/c1-4-6-11-21-17(23)15(16(22)20-18(21)24)12(3)19-13-7-9-14(10-8-13)25-5-2/h7-10,23H,4-6,11H2,1-3H3,(H,20,22,24). The van der Waals surface area contributed by atoms with Crippen molar-refractivity contribution in [2.45, 2.75) is 40.2 Å². The van der Waals surface area contributed by atoms with Gasteiger partial charge in [0.05, 0.1) is 18.0 Å². The number of H-pyrrole nitrogens is 1. The first-order chi connectivity index (χ1) is 12.0. The molecule has 1 heterocycles. The lowest BCUT2D eigenvalue weighted by atomic mass is 10.2. The summed E-state index contributed by atoms with van der Waals surface area (Å²) in [4.78, 5) is 30.6. The quantitative estimate of drug-likeness (QED) is 0.754. The van der Waals surface area contributed by atoms with E-state index in [9.17, 15) is 14.7 Å². The van der Waals surface area contributed by atoms with Crippen molar-refractivity contribution in [3.05, 3.63) is 50.7 Å². The molecule has 0 aliphatic heterocycles. The number of hydrogen-bond donors (Lipinski definition) is 2.